The van der Waals surface area contributed by atoms with Crippen LogP contribution in [-0.4, -0.2) is 49.4 Å². The van der Waals surface area contributed by atoms with Gasteiger partial charge in [-0.05, 0) is 62.3 Å². The van der Waals surface area contributed by atoms with E-state index in [9.17, 15) is 4.79 Å². The number of rotatable bonds is 7. The molecule has 2 aliphatic heterocycles. The van der Waals surface area contributed by atoms with Gasteiger partial charge in [-0.1, -0.05) is 30.3 Å². The zero-order chi connectivity index (χ0) is 19.2. The molecule has 4 rings (SSSR count). The number of ether oxygens (including phenoxy) is 2. The van der Waals surface area contributed by atoms with Crippen LogP contribution in [0.4, 0.5) is 4.79 Å². The number of piperidine rings is 1. The van der Waals surface area contributed by atoms with Crippen molar-refractivity contribution < 1.29 is 14.3 Å². The predicted octanol–water partition coefficient (Wildman–Crippen LogP) is 3.97. The summed E-state index contributed by atoms with van der Waals surface area (Å²) in [5, 5.41) is 3.05. The van der Waals surface area contributed by atoms with Gasteiger partial charge in [0.05, 0.1) is 5.60 Å². The average molecular weight is 387 g/mol. The first-order valence-corrected chi connectivity index (χ1v) is 11.0. The summed E-state index contributed by atoms with van der Waals surface area (Å²) in [7, 11) is 0. The number of amides is 2. The molecule has 1 aromatic rings. The van der Waals surface area contributed by atoms with Crippen LogP contribution in [0.5, 0.6) is 0 Å². The molecule has 3 aliphatic rings. The first-order valence-electron chi connectivity index (χ1n) is 11.0. The normalized spacial score (nSPS) is 24.3. The van der Waals surface area contributed by atoms with Crippen LogP contribution < -0.4 is 5.32 Å². The minimum absolute atomic E-state index is 0.0182. The third-order valence-electron chi connectivity index (χ3n) is 6.56. The second kappa shape index (κ2) is 9.27. The van der Waals surface area contributed by atoms with Crippen LogP contribution in [0, 0.1) is 11.8 Å². The van der Waals surface area contributed by atoms with Crippen LogP contribution in [0.3, 0.4) is 0 Å². The lowest BCUT2D eigenvalue weighted by Gasteiger charge is -2.46. The highest BCUT2D eigenvalue weighted by atomic mass is 16.5. The van der Waals surface area contributed by atoms with Crippen LogP contribution in [-0.2, 0) is 16.0 Å². The highest BCUT2D eigenvalue weighted by Crippen LogP contribution is 2.39. The summed E-state index contributed by atoms with van der Waals surface area (Å²) in [6.07, 6.45) is 8.04. The highest BCUT2D eigenvalue weighted by molar-refractivity contribution is 5.74. The standard InChI is InChI=1S/C23H34N2O3/c26-22(24-17-20-4-2-1-3-5-20)25-12-10-23(11-13-25)16-19(9-15-28-23)8-14-27-18-21-6-7-21/h1-5,19,21H,6-18H2,(H,24,26). The molecule has 0 aromatic heterocycles. The topological polar surface area (TPSA) is 50.8 Å². The van der Waals surface area contributed by atoms with E-state index in [1.807, 2.05) is 35.2 Å². The van der Waals surface area contributed by atoms with E-state index in [-0.39, 0.29) is 11.6 Å². The maximum atomic E-state index is 12.5. The molecule has 5 nitrogen and oxygen atoms in total. The number of carbonyl (C=O) groups is 1. The summed E-state index contributed by atoms with van der Waals surface area (Å²) in [6, 6.07) is 10.1. The molecule has 1 unspecified atom stereocenters. The Morgan fingerprint density at radius 1 is 1.14 bits per heavy atom. The predicted molar refractivity (Wildman–Crippen MR) is 109 cm³/mol. The summed E-state index contributed by atoms with van der Waals surface area (Å²) in [4.78, 5) is 14.4. The van der Waals surface area contributed by atoms with Crippen molar-refractivity contribution in [2.45, 2.75) is 57.1 Å². The van der Waals surface area contributed by atoms with Gasteiger partial charge < -0.3 is 19.7 Å². The smallest absolute Gasteiger partial charge is 0.317 e. The van der Waals surface area contributed by atoms with Gasteiger partial charge in [0.2, 0.25) is 0 Å². The summed E-state index contributed by atoms with van der Waals surface area (Å²) in [5.41, 5.74) is 1.11. The SMILES string of the molecule is O=C(NCc1ccccc1)N1CCC2(CC1)CC(CCOCC1CC1)CCO2. The quantitative estimate of drug-likeness (QED) is 0.721. The molecule has 5 heteroatoms. The zero-order valence-electron chi connectivity index (χ0n) is 16.9. The molecule has 3 fully saturated rings. The maximum Gasteiger partial charge on any atom is 0.317 e. The fraction of sp³-hybridized carbons (Fsp3) is 0.696. The van der Waals surface area contributed by atoms with Gasteiger partial charge in [0.15, 0.2) is 0 Å². The zero-order valence-corrected chi connectivity index (χ0v) is 16.9. The van der Waals surface area contributed by atoms with Crippen molar-refractivity contribution in [1.29, 1.82) is 0 Å². The minimum Gasteiger partial charge on any atom is -0.381 e. The second-order valence-corrected chi connectivity index (χ2v) is 8.83. The molecule has 2 amide bonds. The Bertz CT molecular complexity index is 624. The third kappa shape index (κ3) is 5.48. The molecule has 1 aromatic carbocycles. The Morgan fingerprint density at radius 3 is 2.68 bits per heavy atom. The van der Waals surface area contributed by atoms with Gasteiger partial charge in [0, 0.05) is 39.5 Å². The summed E-state index contributed by atoms with van der Waals surface area (Å²) in [6.45, 7) is 4.86. The van der Waals surface area contributed by atoms with Gasteiger partial charge in [-0.3, -0.25) is 0 Å². The van der Waals surface area contributed by atoms with Crippen molar-refractivity contribution in [3.05, 3.63) is 35.9 Å². The van der Waals surface area contributed by atoms with Crippen LogP contribution >= 0.6 is 0 Å². The lowest BCUT2D eigenvalue weighted by atomic mass is 9.78. The number of likely N-dealkylation sites (tertiary alicyclic amines) is 1. The molecule has 1 N–H and O–H groups in total. The van der Waals surface area contributed by atoms with Crippen molar-refractivity contribution in [2.75, 3.05) is 32.9 Å². The van der Waals surface area contributed by atoms with E-state index < -0.39 is 0 Å². The summed E-state index contributed by atoms with van der Waals surface area (Å²) >= 11 is 0. The lowest BCUT2D eigenvalue weighted by Crippen LogP contribution is -2.52. The van der Waals surface area contributed by atoms with Crippen molar-refractivity contribution >= 4 is 6.03 Å². The van der Waals surface area contributed by atoms with Crippen LogP contribution in [0.15, 0.2) is 30.3 Å². The van der Waals surface area contributed by atoms with E-state index in [1.54, 1.807) is 0 Å². The Hall–Kier alpha value is -1.59. The van der Waals surface area contributed by atoms with Crippen LogP contribution in [0.2, 0.25) is 0 Å². The molecule has 2 saturated heterocycles. The lowest BCUT2D eigenvalue weighted by molar-refractivity contribution is -0.125. The summed E-state index contributed by atoms with van der Waals surface area (Å²) in [5.74, 6) is 1.55. The first kappa shape index (κ1) is 19.7. The monoisotopic (exact) mass is 386 g/mol. The number of urea groups is 1. The number of carbonyl (C=O) groups excluding carboxylic acids is 1. The molecule has 28 heavy (non-hydrogen) atoms. The van der Waals surface area contributed by atoms with Gasteiger partial charge in [-0.2, -0.15) is 0 Å². The average Bonchev–Trinajstić information content (AvgIpc) is 3.55. The Kier molecular flexibility index (Phi) is 6.53. The first-order chi connectivity index (χ1) is 13.7. The Morgan fingerprint density at radius 2 is 1.93 bits per heavy atom. The van der Waals surface area contributed by atoms with Crippen molar-refractivity contribution in [3.63, 3.8) is 0 Å². The molecule has 1 saturated carbocycles. The number of nitrogens with one attached hydrogen (secondary N) is 1. The third-order valence-corrected chi connectivity index (χ3v) is 6.56. The molecule has 154 valence electrons. The van der Waals surface area contributed by atoms with Crippen molar-refractivity contribution in [3.8, 4) is 0 Å². The van der Waals surface area contributed by atoms with Crippen molar-refractivity contribution in [2.24, 2.45) is 11.8 Å². The summed E-state index contributed by atoms with van der Waals surface area (Å²) < 4.78 is 12.1. The van der Waals surface area contributed by atoms with Gasteiger partial charge in [-0.25, -0.2) is 4.79 Å². The molecule has 1 spiro atoms. The van der Waals surface area contributed by atoms with Crippen molar-refractivity contribution in [1.82, 2.24) is 10.2 Å². The fourth-order valence-corrected chi connectivity index (χ4v) is 4.51. The van der Waals surface area contributed by atoms with E-state index in [1.165, 1.54) is 12.8 Å². The maximum absolute atomic E-state index is 12.5. The molecule has 0 radical (unpaired) electrons. The van der Waals surface area contributed by atoms with E-state index in [0.717, 1.165) is 76.5 Å². The van der Waals surface area contributed by atoms with Gasteiger partial charge >= 0.3 is 6.03 Å². The van der Waals surface area contributed by atoms with E-state index in [0.29, 0.717) is 12.5 Å². The molecule has 1 atom stereocenters. The van der Waals surface area contributed by atoms with Crippen LogP contribution in [0.25, 0.3) is 0 Å². The Balaban J connectivity index is 1.18. The molecule has 1 aliphatic carbocycles. The number of hydrogen-bond donors (Lipinski definition) is 1. The second-order valence-electron chi connectivity index (χ2n) is 8.83. The van der Waals surface area contributed by atoms with E-state index >= 15 is 0 Å². The minimum atomic E-state index is -0.0182. The largest absolute Gasteiger partial charge is 0.381 e. The highest BCUT2D eigenvalue weighted by Gasteiger charge is 2.41. The van der Waals surface area contributed by atoms with Gasteiger partial charge in [0.25, 0.3) is 0 Å². The fourth-order valence-electron chi connectivity index (χ4n) is 4.51. The van der Waals surface area contributed by atoms with E-state index in [4.69, 9.17) is 9.47 Å². The molecular weight excluding hydrogens is 352 g/mol. The number of nitrogens with zero attached hydrogens (tertiary/aromatic N) is 1. The van der Waals surface area contributed by atoms with E-state index in [2.05, 4.69) is 5.32 Å². The number of benzene rings is 1. The molecule has 0 bridgehead atoms. The Labute approximate surface area is 168 Å². The number of hydrogen-bond acceptors (Lipinski definition) is 3. The molecule has 2 heterocycles. The van der Waals surface area contributed by atoms with Gasteiger partial charge in [0.1, 0.15) is 0 Å². The van der Waals surface area contributed by atoms with Gasteiger partial charge in [-0.15, -0.1) is 0 Å². The van der Waals surface area contributed by atoms with Crippen LogP contribution in [0.1, 0.15) is 50.5 Å². The molecular formula is C23H34N2O3.